The Hall–Kier alpha value is -2.43. The van der Waals surface area contributed by atoms with Crippen molar-refractivity contribution in [3.8, 4) is 5.75 Å². The fourth-order valence-corrected chi connectivity index (χ4v) is 2.16. The molecule has 2 rings (SSSR count). The molecule has 0 saturated heterocycles. The summed E-state index contributed by atoms with van der Waals surface area (Å²) in [5.41, 5.74) is 0.545. The summed E-state index contributed by atoms with van der Waals surface area (Å²) in [7, 11) is 1.64. The van der Waals surface area contributed by atoms with Gasteiger partial charge in [0.15, 0.2) is 11.6 Å². The summed E-state index contributed by atoms with van der Waals surface area (Å²) in [6.45, 7) is 2.03. The van der Waals surface area contributed by atoms with Crippen LogP contribution in [0.3, 0.4) is 0 Å². The van der Waals surface area contributed by atoms with Gasteiger partial charge in [0.1, 0.15) is 5.75 Å². The number of nitrogens with zero attached hydrogens (tertiary/aromatic N) is 1. The van der Waals surface area contributed by atoms with E-state index >= 15 is 0 Å². The van der Waals surface area contributed by atoms with Gasteiger partial charge in [0.05, 0.1) is 19.1 Å². The third-order valence-electron chi connectivity index (χ3n) is 3.73. The van der Waals surface area contributed by atoms with E-state index in [0.29, 0.717) is 11.3 Å². The summed E-state index contributed by atoms with van der Waals surface area (Å²) < 4.78 is 31.8. The molecule has 23 heavy (non-hydrogen) atoms. The van der Waals surface area contributed by atoms with Gasteiger partial charge >= 0.3 is 0 Å². The van der Waals surface area contributed by atoms with E-state index in [1.54, 1.807) is 14.0 Å². The van der Waals surface area contributed by atoms with E-state index in [2.05, 4.69) is 0 Å². The molecular formula is C18H19F2NO2. The minimum atomic E-state index is -0.914. The number of carbonyl (C=O) groups excluding carboxylic acids is 1. The number of amides is 1. The van der Waals surface area contributed by atoms with Crippen molar-refractivity contribution in [3.63, 3.8) is 0 Å². The molecule has 0 fully saturated rings. The quantitative estimate of drug-likeness (QED) is 0.807. The monoisotopic (exact) mass is 319 g/mol. The number of carbonyl (C=O) groups is 1. The van der Waals surface area contributed by atoms with Gasteiger partial charge < -0.3 is 9.64 Å². The van der Waals surface area contributed by atoms with Crippen molar-refractivity contribution in [2.75, 3.05) is 13.7 Å². The van der Waals surface area contributed by atoms with Crippen molar-refractivity contribution in [2.24, 2.45) is 0 Å². The van der Waals surface area contributed by atoms with Crippen LogP contribution >= 0.6 is 0 Å². The molecule has 0 aromatic heterocycles. The van der Waals surface area contributed by atoms with Crippen LogP contribution in [0.4, 0.5) is 8.78 Å². The average molecular weight is 319 g/mol. The lowest BCUT2D eigenvalue weighted by molar-refractivity contribution is -0.132. The smallest absolute Gasteiger partial charge is 0.226 e. The van der Waals surface area contributed by atoms with Gasteiger partial charge in [-0.25, -0.2) is 8.78 Å². The minimum Gasteiger partial charge on any atom is -0.493 e. The number of halogens is 2. The van der Waals surface area contributed by atoms with Crippen LogP contribution in [0.5, 0.6) is 5.75 Å². The first kappa shape index (κ1) is 16.9. The molecule has 1 atom stereocenters. The molecule has 0 heterocycles. The molecule has 5 heteroatoms. The Bertz CT molecular complexity index is 661. The summed E-state index contributed by atoms with van der Waals surface area (Å²) in [5, 5.41) is 0. The van der Waals surface area contributed by atoms with E-state index in [4.69, 9.17) is 4.74 Å². The van der Waals surface area contributed by atoms with Crippen molar-refractivity contribution >= 4 is 5.91 Å². The average Bonchev–Trinajstić information content (AvgIpc) is 2.57. The van der Waals surface area contributed by atoms with Crippen LogP contribution in [0.1, 0.15) is 24.9 Å². The van der Waals surface area contributed by atoms with Crippen molar-refractivity contribution in [1.29, 1.82) is 0 Å². The molecule has 1 unspecified atom stereocenters. The van der Waals surface area contributed by atoms with Gasteiger partial charge in [0.2, 0.25) is 5.91 Å². The predicted octanol–water partition coefficient (Wildman–Crippen LogP) is 3.95. The third kappa shape index (κ3) is 4.52. The zero-order chi connectivity index (χ0) is 16.8. The number of rotatable bonds is 6. The zero-order valence-corrected chi connectivity index (χ0v) is 13.1. The maximum absolute atomic E-state index is 13.3. The number of hydrogen-bond acceptors (Lipinski definition) is 2. The molecule has 3 nitrogen and oxygen atoms in total. The van der Waals surface area contributed by atoms with E-state index < -0.39 is 11.6 Å². The van der Waals surface area contributed by atoms with Crippen molar-refractivity contribution in [1.82, 2.24) is 4.90 Å². The second kappa shape index (κ2) is 7.72. The summed E-state index contributed by atoms with van der Waals surface area (Å²) >= 11 is 0. The molecule has 0 aliphatic heterocycles. The molecule has 2 aromatic rings. The standard InChI is InChI=1S/C18H19F2NO2/c1-13(14-8-9-16(19)17(20)12-14)21(2)18(22)10-11-23-15-6-4-3-5-7-15/h3-9,12-13H,10-11H2,1-2H3. The first-order valence-electron chi connectivity index (χ1n) is 7.37. The van der Waals surface area contributed by atoms with Crippen molar-refractivity contribution in [2.45, 2.75) is 19.4 Å². The Kier molecular flexibility index (Phi) is 5.68. The number of benzene rings is 2. The Labute approximate surface area is 134 Å². The number of para-hydroxylation sites is 1. The largest absolute Gasteiger partial charge is 0.493 e. The van der Waals surface area contributed by atoms with E-state index in [1.807, 2.05) is 30.3 Å². The van der Waals surface area contributed by atoms with Crippen molar-refractivity contribution in [3.05, 3.63) is 65.7 Å². The summed E-state index contributed by atoms with van der Waals surface area (Å²) in [6.07, 6.45) is 0.208. The van der Waals surface area contributed by atoms with Gasteiger partial charge in [-0.05, 0) is 36.8 Å². The van der Waals surface area contributed by atoms with Gasteiger partial charge in [-0.1, -0.05) is 24.3 Å². The molecule has 1 amide bonds. The van der Waals surface area contributed by atoms with Crippen LogP contribution in [0.2, 0.25) is 0 Å². The van der Waals surface area contributed by atoms with Crippen LogP contribution in [0, 0.1) is 11.6 Å². The van der Waals surface area contributed by atoms with Crippen LogP contribution in [-0.2, 0) is 4.79 Å². The highest BCUT2D eigenvalue weighted by atomic mass is 19.2. The lowest BCUT2D eigenvalue weighted by atomic mass is 10.1. The van der Waals surface area contributed by atoms with E-state index in [1.165, 1.54) is 11.0 Å². The van der Waals surface area contributed by atoms with E-state index in [0.717, 1.165) is 12.1 Å². The summed E-state index contributed by atoms with van der Waals surface area (Å²) in [4.78, 5) is 13.7. The SMILES string of the molecule is CC(c1ccc(F)c(F)c1)N(C)C(=O)CCOc1ccccc1. The fourth-order valence-electron chi connectivity index (χ4n) is 2.16. The van der Waals surface area contributed by atoms with Gasteiger partial charge in [-0.15, -0.1) is 0 Å². The molecule has 2 aromatic carbocycles. The Balaban J connectivity index is 1.89. The molecule has 0 spiro atoms. The highest BCUT2D eigenvalue weighted by molar-refractivity contribution is 5.76. The number of ether oxygens (including phenoxy) is 1. The van der Waals surface area contributed by atoms with Gasteiger partial charge in [-0.2, -0.15) is 0 Å². The zero-order valence-electron chi connectivity index (χ0n) is 13.1. The molecule has 122 valence electrons. The highest BCUT2D eigenvalue weighted by Crippen LogP contribution is 2.21. The first-order valence-corrected chi connectivity index (χ1v) is 7.37. The fraction of sp³-hybridized carbons (Fsp3) is 0.278. The summed E-state index contributed by atoms with van der Waals surface area (Å²) in [5.74, 6) is -1.23. The summed E-state index contributed by atoms with van der Waals surface area (Å²) in [6, 6.07) is 12.5. The van der Waals surface area contributed by atoms with Gasteiger partial charge in [-0.3, -0.25) is 4.79 Å². The molecule has 0 bridgehead atoms. The molecule has 0 aliphatic rings. The molecule has 0 aliphatic carbocycles. The lowest BCUT2D eigenvalue weighted by Gasteiger charge is -2.25. The van der Waals surface area contributed by atoms with E-state index in [9.17, 15) is 13.6 Å². The Morgan fingerprint density at radius 1 is 1.13 bits per heavy atom. The molecule has 0 radical (unpaired) electrons. The molecular weight excluding hydrogens is 300 g/mol. The maximum Gasteiger partial charge on any atom is 0.226 e. The van der Waals surface area contributed by atoms with Crippen LogP contribution in [0.15, 0.2) is 48.5 Å². The van der Waals surface area contributed by atoms with Gasteiger partial charge in [0, 0.05) is 7.05 Å². The normalized spacial score (nSPS) is 11.8. The highest BCUT2D eigenvalue weighted by Gasteiger charge is 2.18. The lowest BCUT2D eigenvalue weighted by Crippen LogP contribution is -2.30. The second-order valence-electron chi connectivity index (χ2n) is 5.27. The number of hydrogen-bond donors (Lipinski definition) is 0. The Morgan fingerprint density at radius 2 is 1.83 bits per heavy atom. The van der Waals surface area contributed by atoms with Crippen LogP contribution in [0.25, 0.3) is 0 Å². The van der Waals surface area contributed by atoms with E-state index in [-0.39, 0.29) is 25.0 Å². The first-order chi connectivity index (χ1) is 11.0. The Morgan fingerprint density at radius 3 is 2.48 bits per heavy atom. The topological polar surface area (TPSA) is 29.5 Å². The van der Waals surface area contributed by atoms with Crippen LogP contribution < -0.4 is 4.74 Å². The third-order valence-corrected chi connectivity index (χ3v) is 3.73. The maximum atomic E-state index is 13.3. The second-order valence-corrected chi connectivity index (χ2v) is 5.27. The van der Waals surface area contributed by atoms with Crippen molar-refractivity contribution < 1.29 is 18.3 Å². The molecule has 0 N–H and O–H groups in total. The molecule has 0 saturated carbocycles. The van der Waals surface area contributed by atoms with Gasteiger partial charge in [0.25, 0.3) is 0 Å². The van der Waals surface area contributed by atoms with Crippen LogP contribution in [-0.4, -0.2) is 24.5 Å². The predicted molar refractivity (Wildman–Crippen MR) is 84.1 cm³/mol. The minimum absolute atomic E-state index is 0.127.